The van der Waals surface area contributed by atoms with Crippen molar-refractivity contribution in [3.8, 4) is 17.2 Å². The van der Waals surface area contributed by atoms with E-state index in [1.54, 1.807) is 7.11 Å². The quantitative estimate of drug-likeness (QED) is 0.518. The number of methoxy groups -OCH3 is 1. The predicted octanol–water partition coefficient (Wildman–Crippen LogP) is 5.65. The average molecular weight is 335 g/mol. The van der Waals surface area contributed by atoms with E-state index < -0.39 is 8.07 Å². The lowest BCUT2D eigenvalue weighted by Gasteiger charge is -2.15. The standard InChI is InChI=1S/C22H26OSi/c1-18(15-16-24(3,4)5)17-22(19-9-7-6-8-10-19)20-11-13-21(23-2)14-12-20/h6-14,17,22H,1-5H3/b18-17+. The first-order valence-electron chi connectivity index (χ1n) is 8.29. The largest absolute Gasteiger partial charge is 0.497 e. The van der Waals surface area contributed by atoms with Gasteiger partial charge in [0.2, 0.25) is 0 Å². The minimum absolute atomic E-state index is 0.202. The van der Waals surface area contributed by atoms with E-state index in [1.165, 1.54) is 11.1 Å². The summed E-state index contributed by atoms with van der Waals surface area (Å²) in [7, 11) is 0.334. The second kappa shape index (κ2) is 8.03. The van der Waals surface area contributed by atoms with Crippen LogP contribution in [0.4, 0.5) is 0 Å². The van der Waals surface area contributed by atoms with Crippen LogP contribution in [0, 0.1) is 11.5 Å². The minimum Gasteiger partial charge on any atom is -0.497 e. The van der Waals surface area contributed by atoms with Gasteiger partial charge in [0, 0.05) is 5.92 Å². The summed E-state index contributed by atoms with van der Waals surface area (Å²) >= 11 is 0. The molecule has 1 nitrogen and oxygen atoms in total. The van der Waals surface area contributed by atoms with Gasteiger partial charge in [0.1, 0.15) is 13.8 Å². The summed E-state index contributed by atoms with van der Waals surface area (Å²) in [5.74, 6) is 4.44. The summed E-state index contributed by atoms with van der Waals surface area (Å²) in [6.45, 7) is 8.91. The van der Waals surface area contributed by atoms with E-state index in [9.17, 15) is 0 Å². The molecule has 0 fully saturated rings. The monoisotopic (exact) mass is 334 g/mol. The van der Waals surface area contributed by atoms with Gasteiger partial charge in [-0.05, 0) is 35.8 Å². The van der Waals surface area contributed by atoms with E-state index in [0.29, 0.717) is 0 Å². The lowest BCUT2D eigenvalue weighted by molar-refractivity contribution is 0.414. The van der Waals surface area contributed by atoms with Crippen LogP contribution >= 0.6 is 0 Å². The van der Waals surface area contributed by atoms with Gasteiger partial charge in [-0.3, -0.25) is 0 Å². The van der Waals surface area contributed by atoms with Gasteiger partial charge in [-0.2, -0.15) is 0 Å². The summed E-state index contributed by atoms with van der Waals surface area (Å²) in [6, 6.07) is 18.9. The maximum absolute atomic E-state index is 5.28. The molecule has 1 atom stereocenters. The Kier molecular flexibility index (Phi) is 6.06. The summed E-state index contributed by atoms with van der Waals surface area (Å²) in [4.78, 5) is 0. The number of allylic oxidation sites excluding steroid dienone is 2. The third-order valence-corrected chi connectivity index (χ3v) is 4.56. The summed E-state index contributed by atoms with van der Waals surface area (Å²) in [5.41, 5.74) is 7.10. The molecule has 24 heavy (non-hydrogen) atoms. The molecule has 0 heterocycles. The van der Waals surface area contributed by atoms with Crippen LogP contribution in [-0.4, -0.2) is 15.2 Å². The van der Waals surface area contributed by atoms with Gasteiger partial charge in [-0.25, -0.2) is 0 Å². The van der Waals surface area contributed by atoms with E-state index in [-0.39, 0.29) is 5.92 Å². The number of ether oxygens (including phenoxy) is 1. The zero-order valence-corrected chi connectivity index (χ0v) is 16.3. The maximum Gasteiger partial charge on any atom is 0.129 e. The van der Waals surface area contributed by atoms with Crippen LogP contribution in [-0.2, 0) is 0 Å². The van der Waals surface area contributed by atoms with Crippen molar-refractivity contribution in [2.24, 2.45) is 0 Å². The fourth-order valence-corrected chi connectivity index (χ4v) is 3.01. The molecule has 0 aromatic heterocycles. The van der Waals surface area contributed by atoms with E-state index in [0.717, 1.165) is 11.3 Å². The first-order chi connectivity index (χ1) is 11.4. The second-order valence-electron chi connectivity index (χ2n) is 7.01. The first-order valence-corrected chi connectivity index (χ1v) is 11.8. The SMILES string of the molecule is COc1ccc(C(/C=C(\C)C#C[Si](C)(C)C)c2ccccc2)cc1. The molecule has 0 saturated carbocycles. The fraction of sp³-hybridized carbons (Fsp3) is 0.273. The first kappa shape index (κ1) is 18.1. The van der Waals surface area contributed by atoms with Gasteiger partial charge in [-0.1, -0.05) is 74.1 Å². The summed E-state index contributed by atoms with van der Waals surface area (Å²) < 4.78 is 5.28. The molecule has 0 bridgehead atoms. The number of hydrogen-bond donors (Lipinski definition) is 0. The van der Waals surface area contributed by atoms with Crippen molar-refractivity contribution in [2.45, 2.75) is 32.5 Å². The van der Waals surface area contributed by atoms with E-state index in [4.69, 9.17) is 4.74 Å². The van der Waals surface area contributed by atoms with Crippen LogP contribution in [0.3, 0.4) is 0 Å². The molecule has 0 saturated heterocycles. The summed E-state index contributed by atoms with van der Waals surface area (Å²) in [5, 5.41) is 0. The lowest BCUT2D eigenvalue weighted by Crippen LogP contribution is -2.16. The Morgan fingerprint density at radius 2 is 1.54 bits per heavy atom. The van der Waals surface area contributed by atoms with Crippen molar-refractivity contribution in [3.63, 3.8) is 0 Å². The second-order valence-corrected chi connectivity index (χ2v) is 11.8. The van der Waals surface area contributed by atoms with Crippen LogP contribution < -0.4 is 4.74 Å². The fourth-order valence-electron chi connectivity index (χ4n) is 2.43. The Labute approximate surface area is 147 Å². The van der Waals surface area contributed by atoms with Crippen molar-refractivity contribution in [2.75, 3.05) is 7.11 Å². The molecule has 2 aromatic carbocycles. The highest BCUT2D eigenvalue weighted by atomic mass is 28.3. The normalized spacial score (nSPS) is 13.0. The van der Waals surface area contributed by atoms with Crippen LogP contribution in [0.2, 0.25) is 19.6 Å². The highest BCUT2D eigenvalue weighted by Gasteiger charge is 2.12. The third-order valence-electron chi connectivity index (χ3n) is 3.68. The Bertz CT molecular complexity index is 741. The highest BCUT2D eigenvalue weighted by molar-refractivity contribution is 6.83. The van der Waals surface area contributed by atoms with Crippen LogP contribution in [0.25, 0.3) is 0 Å². The molecule has 0 amide bonds. The lowest BCUT2D eigenvalue weighted by atomic mass is 9.89. The van der Waals surface area contributed by atoms with Crippen molar-refractivity contribution in [3.05, 3.63) is 77.4 Å². The third kappa shape index (κ3) is 5.44. The molecule has 124 valence electrons. The van der Waals surface area contributed by atoms with E-state index in [1.807, 2.05) is 12.1 Å². The van der Waals surface area contributed by atoms with Crippen molar-refractivity contribution >= 4 is 8.07 Å². The number of benzene rings is 2. The molecule has 0 aliphatic carbocycles. The smallest absolute Gasteiger partial charge is 0.129 e. The predicted molar refractivity (Wildman–Crippen MR) is 106 cm³/mol. The Hall–Kier alpha value is -2.24. The Morgan fingerprint density at radius 3 is 2.08 bits per heavy atom. The molecule has 2 aromatic rings. The molecule has 0 radical (unpaired) electrons. The van der Waals surface area contributed by atoms with Crippen molar-refractivity contribution in [1.29, 1.82) is 0 Å². The number of hydrogen-bond acceptors (Lipinski definition) is 1. The summed E-state index contributed by atoms with van der Waals surface area (Å²) in [6.07, 6.45) is 2.27. The van der Waals surface area contributed by atoms with Gasteiger partial charge in [-0.15, -0.1) is 5.54 Å². The van der Waals surface area contributed by atoms with Crippen LogP contribution in [0.15, 0.2) is 66.2 Å². The molecule has 1 unspecified atom stereocenters. The zero-order valence-electron chi connectivity index (χ0n) is 15.3. The van der Waals surface area contributed by atoms with Gasteiger partial charge in [0.15, 0.2) is 0 Å². The van der Waals surface area contributed by atoms with Crippen LogP contribution in [0.1, 0.15) is 24.0 Å². The van der Waals surface area contributed by atoms with Crippen LogP contribution in [0.5, 0.6) is 5.75 Å². The Morgan fingerprint density at radius 1 is 0.958 bits per heavy atom. The molecule has 2 rings (SSSR count). The molecule has 2 heteroatoms. The average Bonchev–Trinajstić information content (AvgIpc) is 2.58. The Balaban J connectivity index is 2.41. The van der Waals surface area contributed by atoms with Crippen molar-refractivity contribution in [1.82, 2.24) is 0 Å². The maximum atomic E-state index is 5.28. The highest BCUT2D eigenvalue weighted by Crippen LogP contribution is 2.28. The zero-order chi connectivity index (χ0) is 17.6. The molecular weight excluding hydrogens is 308 g/mol. The van der Waals surface area contributed by atoms with Gasteiger partial charge in [0.25, 0.3) is 0 Å². The van der Waals surface area contributed by atoms with Crippen molar-refractivity contribution < 1.29 is 4.74 Å². The molecule has 0 aliphatic heterocycles. The van der Waals surface area contributed by atoms with E-state index in [2.05, 4.69) is 86.6 Å². The van der Waals surface area contributed by atoms with E-state index >= 15 is 0 Å². The van der Waals surface area contributed by atoms with Gasteiger partial charge >= 0.3 is 0 Å². The topological polar surface area (TPSA) is 9.23 Å². The molecule has 0 aliphatic rings. The molecular formula is C22H26OSi. The molecule has 0 N–H and O–H groups in total. The minimum atomic E-state index is -1.36. The molecule has 0 spiro atoms. The van der Waals surface area contributed by atoms with Gasteiger partial charge < -0.3 is 4.74 Å². The number of rotatable bonds is 4. The van der Waals surface area contributed by atoms with Gasteiger partial charge in [0.05, 0.1) is 7.11 Å².